The summed E-state index contributed by atoms with van der Waals surface area (Å²) in [5.74, 6) is -0.0769. The summed E-state index contributed by atoms with van der Waals surface area (Å²) >= 11 is 0. The fourth-order valence-electron chi connectivity index (χ4n) is 3.22. The summed E-state index contributed by atoms with van der Waals surface area (Å²) in [5.41, 5.74) is 3.01. The summed E-state index contributed by atoms with van der Waals surface area (Å²) < 4.78 is 12.2. The number of carbonyl (C=O) groups is 1. The summed E-state index contributed by atoms with van der Waals surface area (Å²) in [4.78, 5) is 20.1. The average molecular weight is 396 g/mol. The van der Waals surface area contributed by atoms with Gasteiger partial charge < -0.3 is 14.4 Å². The molecule has 0 radical (unpaired) electrons. The van der Waals surface area contributed by atoms with E-state index in [1.165, 1.54) is 0 Å². The molecule has 2 heterocycles. The second-order valence-corrected chi connectivity index (χ2v) is 7.12. The minimum absolute atomic E-state index is 0.0769. The van der Waals surface area contributed by atoms with Crippen LogP contribution in [-0.4, -0.2) is 66.1 Å². The SMILES string of the molecule is COCCN(CCOC)C(=O)c1cc(-c2ccccc2)nc2c1cnn2C(C)C. The highest BCUT2D eigenvalue weighted by Crippen LogP contribution is 2.27. The third kappa shape index (κ3) is 4.63. The van der Waals surface area contributed by atoms with Crippen molar-refractivity contribution in [3.05, 3.63) is 48.2 Å². The predicted molar refractivity (Wildman–Crippen MR) is 113 cm³/mol. The zero-order chi connectivity index (χ0) is 20.8. The number of ether oxygens (including phenoxy) is 2. The lowest BCUT2D eigenvalue weighted by Gasteiger charge is -2.22. The first-order valence-electron chi connectivity index (χ1n) is 9.77. The predicted octanol–water partition coefficient (Wildman–Crippen LogP) is 3.41. The van der Waals surface area contributed by atoms with E-state index in [1.54, 1.807) is 25.3 Å². The van der Waals surface area contributed by atoms with E-state index in [9.17, 15) is 4.79 Å². The Morgan fingerprint density at radius 1 is 1.10 bits per heavy atom. The van der Waals surface area contributed by atoms with Crippen LogP contribution < -0.4 is 0 Å². The number of fused-ring (bicyclic) bond motifs is 1. The molecule has 0 saturated heterocycles. The summed E-state index contributed by atoms with van der Waals surface area (Å²) in [6.07, 6.45) is 1.73. The topological polar surface area (TPSA) is 69.5 Å². The van der Waals surface area contributed by atoms with Gasteiger partial charge in [-0.2, -0.15) is 5.10 Å². The molecular weight excluding hydrogens is 368 g/mol. The number of pyridine rings is 1. The summed E-state index contributed by atoms with van der Waals surface area (Å²) in [6.45, 7) is 5.99. The van der Waals surface area contributed by atoms with Crippen LogP contribution in [0.2, 0.25) is 0 Å². The van der Waals surface area contributed by atoms with Gasteiger partial charge in [0.1, 0.15) is 0 Å². The van der Waals surface area contributed by atoms with E-state index < -0.39 is 0 Å². The second kappa shape index (κ2) is 9.62. The van der Waals surface area contributed by atoms with E-state index >= 15 is 0 Å². The molecule has 7 nitrogen and oxygen atoms in total. The van der Waals surface area contributed by atoms with Gasteiger partial charge in [-0.25, -0.2) is 9.67 Å². The lowest BCUT2D eigenvalue weighted by Crippen LogP contribution is -2.36. The highest BCUT2D eigenvalue weighted by Gasteiger charge is 2.22. The molecule has 0 unspecified atom stereocenters. The first kappa shape index (κ1) is 21.0. The Balaban J connectivity index is 2.12. The van der Waals surface area contributed by atoms with Crippen LogP contribution in [0.15, 0.2) is 42.6 Å². The van der Waals surface area contributed by atoms with Crippen molar-refractivity contribution in [1.29, 1.82) is 0 Å². The lowest BCUT2D eigenvalue weighted by molar-refractivity contribution is 0.0629. The van der Waals surface area contributed by atoms with Crippen molar-refractivity contribution in [1.82, 2.24) is 19.7 Å². The van der Waals surface area contributed by atoms with Crippen LogP contribution in [0.1, 0.15) is 30.2 Å². The monoisotopic (exact) mass is 396 g/mol. The summed E-state index contributed by atoms with van der Waals surface area (Å²) in [6, 6.07) is 11.9. The Bertz CT molecular complexity index is 945. The van der Waals surface area contributed by atoms with Gasteiger partial charge in [0.05, 0.1) is 36.1 Å². The van der Waals surface area contributed by atoms with Gasteiger partial charge in [0, 0.05) is 38.9 Å². The normalized spacial score (nSPS) is 11.3. The Kier molecular flexibility index (Phi) is 6.95. The maximum absolute atomic E-state index is 13.5. The van der Waals surface area contributed by atoms with Crippen LogP contribution in [0.5, 0.6) is 0 Å². The van der Waals surface area contributed by atoms with Crippen LogP contribution in [0.4, 0.5) is 0 Å². The van der Waals surface area contributed by atoms with E-state index in [4.69, 9.17) is 14.5 Å². The van der Waals surface area contributed by atoms with Crippen molar-refractivity contribution in [2.24, 2.45) is 0 Å². The fourth-order valence-corrected chi connectivity index (χ4v) is 3.22. The van der Waals surface area contributed by atoms with Gasteiger partial charge in [-0.1, -0.05) is 30.3 Å². The molecule has 0 aliphatic carbocycles. The highest BCUT2D eigenvalue weighted by molar-refractivity contribution is 6.06. The molecule has 0 aliphatic heterocycles. The van der Waals surface area contributed by atoms with E-state index in [2.05, 4.69) is 5.10 Å². The van der Waals surface area contributed by atoms with Gasteiger partial charge in [-0.05, 0) is 19.9 Å². The smallest absolute Gasteiger partial charge is 0.254 e. The van der Waals surface area contributed by atoms with Gasteiger partial charge >= 0.3 is 0 Å². The van der Waals surface area contributed by atoms with Gasteiger partial charge in [-0.3, -0.25) is 4.79 Å². The number of hydrogen-bond acceptors (Lipinski definition) is 5. The maximum atomic E-state index is 13.5. The van der Waals surface area contributed by atoms with Crippen molar-refractivity contribution < 1.29 is 14.3 Å². The van der Waals surface area contributed by atoms with Gasteiger partial charge in [0.2, 0.25) is 0 Å². The van der Waals surface area contributed by atoms with E-state index in [0.29, 0.717) is 37.5 Å². The Hall–Kier alpha value is -2.77. The Labute approximate surface area is 171 Å². The van der Waals surface area contributed by atoms with Crippen molar-refractivity contribution >= 4 is 16.9 Å². The van der Waals surface area contributed by atoms with Gasteiger partial charge in [0.25, 0.3) is 5.91 Å². The molecule has 1 aromatic carbocycles. The van der Waals surface area contributed by atoms with Gasteiger partial charge in [-0.15, -0.1) is 0 Å². The van der Waals surface area contributed by atoms with Crippen molar-refractivity contribution in [2.45, 2.75) is 19.9 Å². The number of rotatable bonds is 9. The highest BCUT2D eigenvalue weighted by atomic mass is 16.5. The third-order valence-corrected chi connectivity index (χ3v) is 4.77. The van der Waals surface area contributed by atoms with Crippen LogP contribution in [0.25, 0.3) is 22.3 Å². The molecule has 154 valence electrons. The average Bonchev–Trinajstić information content (AvgIpc) is 3.18. The van der Waals surface area contributed by atoms with E-state index in [0.717, 1.165) is 16.6 Å². The second-order valence-electron chi connectivity index (χ2n) is 7.12. The quantitative estimate of drug-likeness (QED) is 0.554. The van der Waals surface area contributed by atoms with Gasteiger partial charge in [0.15, 0.2) is 5.65 Å². The fraction of sp³-hybridized carbons (Fsp3) is 0.409. The summed E-state index contributed by atoms with van der Waals surface area (Å²) in [7, 11) is 3.26. The van der Waals surface area contributed by atoms with Crippen molar-refractivity contribution in [2.75, 3.05) is 40.5 Å². The Morgan fingerprint density at radius 3 is 2.34 bits per heavy atom. The van der Waals surface area contributed by atoms with Crippen LogP contribution in [0.3, 0.4) is 0 Å². The zero-order valence-corrected chi connectivity index (χ0v) is 17.5. The molecule has 0 bridgehead atoms. The summed E-state index contributed by atoms with van der Waals surface area (Å²) in [5, 5.41) is 5.24. The number of carbonyl (C=O) groups excluding carboxylic acids is 1. The van der Waals surface area contributed by atoms with Crippen LogP contribution >= 0.6 is 0 Å². The number of hydrogen-bond donors (Lipinski definition) is 0. The molecule has 2 aromatic heterocycles. The molecule has 0 N–H and O–H groups in total. The minimum atomic E-state index is -0.0769. The van der Waals surface area contributed by atoms with Crippen LogP contribution in [-0.2, 0) is 9.47 Å². The van der Waals surface area contributed by atoms with E-state index in [1.807, 2.05) is 54.9 Å². The van der Waals surface area contributed by atoms with Crippen molar-refractivity contribution in [3.8, 4) is 11.3 Å². The Morgan fingerprint density at radius 2 is 1.76 bits per heavy atom. The molecular formula is C22H28N4O3. The standard InChI is InChI=1S/C22H28N4O3/c1-16(2)26-21-19(15-23-26)18(14-20(24-21)17-8-6-5-7-9-17)22(27)25(10-12-28-3)11-13-29-4/h5-9,14-16H,10-13H2,1-4H3. The number of methoxy groups -OCH3 is 2. The maximum Gasteiger partial charge on any atom is 0.254 e. The van der Waals surface area contributed by atoms with Crippen molar-refractivity contribution in [3.63, 3.8) is 0 Å². The number of nitrogens with zero attached hydrogens (tertiary/aromatic N) is 4. The molecule has 7 heteroatoms. The molecule has 0 aliphatic rings. The lowest BCUT2D eigenvalue weighted by atomic mass is 10.1. The molecule has 0 saturated carbocycles. The molecule has 3 rings (SSSR count). The largest absolute Gasteiger partial charge is 0.383 e. The third-order valence-electron chi connectivity index (χ3n) is 4.77. The van der Waals surface area contributed by atoms with E-state index in [-0.39, 0.29) is 11.9 Å². The first-order valence-corrected chi connectivity index (χ1v) is 9.77. The number of benzene rings is 1. The molecule has 1 amide bonds. The number of amides is 1. The molecule has 0 spiro atoms. The molecule has 3 aromatic rings. The minimum Gasteiger partial charge on any atom is -0.383 e. The van der Waals surface area contributed by atoms with Crippen LogP contribution in [0, 0.1) is 0 Å². The zero-order valence-electron chi connectivity index (χ0n) is 17.5. The molecule has 0 fully saturated rings. The number of aromatic nitrogens is 3. The molecule has 29 heavy (non-hydrogen) atoms. The molecule has 0 atom stereocenters. The first-order chi connectivity index (χ1) is 14.1.